The van der Waals surface area contributed by atoms with Gasteiger partial charge in [-0.1, -0.05) is 18.9 Å². The summed E-state index contributed by atoms with van der Waals surface area (Å²) in [5.41, 5.74) is 6.12. The molecule has 114 valence electrons. The first kappa shape index (κ1) is 19.1. The summed E-state index contributed by atoms with van der Waals surface area (Å²) in [5.74, 6) is 0.00628. The molecule has 0 saturated heterocycles. The molecule has 0 saturated carbocycles. The number of hydrogen-bond donors (Lipinski definition) is 2. The highest BCUT2D eigenvalue weighted by atomic mass is 35.5. The van der Waals surface area contributed by atoms with Crippen LogP contribution in [0.25, 0.3) is 0 Å². The molecular formula is C14H23ClN2O2S. The fraction of sp³-hybridized carbons (Fsp3) is 0.500. The maximum absolute atomic E-state index is 11.7. The predicted octanol–water partition coefficient (Wildman–Crippen LogP) is 2.69. The lowest BCUT2D eigenvalue weighted by atomic mass is 10.1. The van der Waals surface area contributed by atoms with Gasteiger partial charge in [0.05, 0.1) is 0 Å². The van der Waals surface area contributed by atoms with Gasteiger partial charge in [-0.3, -0.25) is 9.00 Å². The monoisotopic (exact) mass is 318 g/mol. The summed E-state index contributed by atoms with van der Waals surface area (Å²) < 4.78 is 11.3. The summed E-state index contributed by atoms with van der Waals surface area (Å²) >= 11 is 0. The van der Waals surface area contributed by atoms with Crippen molar-refractivity contribution in [1.82, 2.24) is 0 Å². The molecule has 6 heteroatoms. The average molecular weight is 319 g/mol. The van der Waals surface area contributed by atoms with Crippen molar-refractivity contribution in [2.75, 3.05) is 18.1 Å². The molecule has 0 radical (unpaired) electrons. The van der Waals surface area contributed by atoms with Gasteiger partial charge in [-0.25, -0.2) is 0 Å². The second-order valence-electron chi connectivity index (χ2n) is 4.48. The number of hydrogen-bond acceptors (Lipinski definition) is 3. The van der Waals surface area contributed by atoms with Crippen LogP contribution in [0.15, 0.2) is 29.2 Å². The summed E-state index contributed by atoms with van der Waals surface area (Å²) in [4.78, 5) is 12.4. The summed E-state index contributed by atoms with van der Waals surface area (Å²) in [6, 6.07) is 7.15. The molecule has 1 amide bonds. The highest BCUT2D eigenvalue weighted by Crippen LogP contribution is 2.14. The van der Waals surface area contributed by atoms with Crippen molar-refractivity contribution >= 4 is 34.8 Å². The summed E-state index contributed by atoms with van der Waals surface area (Å²) in [6.45, 7) is 0.715. The standard InChI is InChI=1S/C14H22N2O2S.ClH/c1-19(18)13-8-6-7-12(11-13)16-14(17)9-4-2-3-5-10-15;/h6-8,11H,2-5,9-10,15H2,1H3,(H,16,17);1H. The predicted molar refractivity (Wildman–Crippen MR) is 86.8 cm³/mol. The Labute approximate surface area is 129 Å². The third kappa shape index (κ3) is 7.62. The van der Waals surface area contributed by atoms with Crippen molar-refractivity contribution in [1.29, 1.82) is 0 Å². The van der Waals surface area contributed by atoms with Gasteiger partial charge >= 0.3 is 0 Å². The maximum atomic E-state index is 11.7. The van der Waals surface area contributed by atoms with Crippen molar-refractivity contribution in [2.24, 2.45) is 5.73 Å². The number of rotatable bonds is 8. The van der Waals surface area contributed by atoms with E-state index >= 15 is 0 Å². The van der Waals surface area contributed by atoms with Crippen LogP contribution in [-0.2, 0) is 15.6 Å². The van der Waals surface area contributed by atoms with E-state index in [0.717, 1.165) is 30.6 Å². The van der Waals surface area contributed by atoms with Gasteiger partial charge in [0.25, 0.3) is 0 Å². The van der Waals surface area contributed by atoms with Crippen molar-refractivity contribution < 1.29 is 9.00 Å². The number of nitrogens with two attached hydrogens (primary N) is 1. The number of unbranched alkanes of at least 4 members (excludes halogenated alkanes) is 3. The molecule has 0 aromatic heterocycles. The SMILES string of the molecule is CS(=O)c1cccc(NC(=O)CCCCCCN)c1.Cl. The van der Waals surface area contributed by atoms with E-state index in [2.05, 4.69) is 5.32 Å². The molecule has 0 fully saturated rings. The molecule has 0 spiro atoms. The Bertz CT molecular complexity index is 441. The molecule has 0 aliphatic heterocycles. The maximum Gasteiger partial charge on any atom is 0.224 e. The Morgan fingerprint density at radius 2 is 1.95 bits per heavy atom. The van der Waals surface area contributed by atoms with Crippen LogP contribution in [0, 0.1) is 0 Å². The second-order valence-corrected chi connectivity index (χ2v) is 5.86. The molecule has 4 nitrogen and oxygen atoms in total. The molecule has 0 heterocycles. The van der Waals surface area contributed by atoms with E-state index in [1.807, 2.05) is 6.07 Å². The molecule has 3 N–H and O–H groups in total. The van der Waals surface area contributed by atoms with Gasteiger partial charge in [0.15, 0.2) is 0 Å². The van der Waals surface area contributed by atoms with Crippen LogP contribution < -0.4 is 11.1 Å². The van der Waals surface area contributed by atoms with Crippen LogP contribution in [0.1, 0.15) is 32.1 Å². The fourth-order valence-corrected chi connectivity index (χ4v) is 2.32. The summed E-state index contributed by atoms with van der Waals surface area (Å²) in [6.07, 6.45) is 6.15. The minimum Gasteiger partial charge on any atom is -0.330 e. The number of carbonyl (C=O) groups is 1. The first-order valence-electron chi connectivity index (χ1n) is 6.57. The van der Waals surface area contributed by atoms with Gasteiger partial charge in [0.1, 0.15) is 0 Å². The van der Waals surface area contributed by atoms with Gasteiger partial charge in [-0.2, -0.15) is 0 Å². The molecule has 1 unspecified atom stereocenters. The lowest BCUT2D eigenvalue weighted by Gasteiger charge is -2.06. The van der Waals surface area contributed by atoms with E-state index in [1.54, 1.807) is 24.5 Å². The van der Waals surface area contributed by atoms with E-state index in [-0.39, 0.29) is 18.3 Å². The van der Waals surface area contributed by atoms with Gasteiger partial charge in [0.2, 0.25) is 5.91 Å². The van der Waals surface area contributed by atoms with Crippen LogP contribution in [0.5, 0.6) is 0 Å². The summed E-state index contributed by atoms with van der Waals surface area (Å²) in [7, 11) is -1.03. The van der Waals surface area contributed by atoms with E-state index in [0.29, 0.717) is 18.7 Å². The van der Waals surface area contributed by atoms with Gasteiger partial charge in [-0.15, -0.1) is 12.4 Å². The number of amides is 1. The Morgan fingerprint density at radius 3 is 2.60 bits per heavy atom. The highest BCUT2D eigenvalue weighted by molar-refractivity contribution is 7.84. The zero-order chi connectivity index (χ0) is 14.1. The number of halogens is 1. The molecule has 0 aliphatic rings. The minimum absolute atomic E-state index is 0. The normalized spacial score (nSPS) is 11.5. The number of nitrogens with one attached hydrogen (secondary N) is 1. The van der Waals surface area contributed by atoms with Gasteiger partial charge < -0.3 is 11.1 Å². The quantitative estimate of drug-likeness (QED) is 0.724. The Hall–Kier alpha value is -0.910. The summed E-state index contributed by atoms with van der Waals surface area (Å²) in [5, 5.41) is 2.83. The molecular weight excluding hydrogens is 296 g/mol. The molecule has 1 aromatic rings. The smallest absolute Gasteiger partial charge is 0.224 e. The third-order valence-corrected chi connectivity index (χ3v) is 3.73. The van der Waals surface area contributed by atoms with Crippen LogP contribution in [0.3, 0.4) is 0 Å². The Kier molecular flexibility index (Phi) is 10.3. The molecule has 1 atom stereocenters. The number of benzene rings is 1. The van der Waals surface area contributed by atoms with E-state index < -0.39 is 10.8 Å². The van der Waals surface area contributed by atoms with Crippen molar-refractivity contribution in [3.63, 3.8) is 0 Å². The van der Waals surface area contributed by atoms with Crippen LogP contribution in [0.2, 0.25) is 0 Å². The number of carbonyl (C=O) groups excluding carboxylic acids is 1. The largest absolute Gasteiger partial charge is 0.330 e. The molecule has 20 heavy (non-hydrogen) atoms. The second kappa shape index (κ2) is 10.8. The zero-order valence-corrected chi connectivity index (χ0v) is 13.4. The van der Waals surface area contributed by atoms with Crippen LogP contribution >= 0.6 is 12.4 Å². The topological polar surface area (TPSA) is 72.2 Å². The Morgan fingerprint density at radius 1 is 1.25 bits per heavy atom. The first-order valence-corrected chi connectivity index (χ1v) is 8.12. The first-order chi connectivity index (χ1) is 9.13. The molecule has 0 aliphatic carbocycles. The van der Waals surface area contributed by atoms with Crippen molar-refractivity contribution in [3.8, 4) is 0 Å². The Balaban J connectivity index is 0.00000361. The van der Waals surface area contributed by atoms with Gasteiger partial charge in [0, 0.05) is 34.1 Å². The van der Waals surface area contributed by atoms with Gasteiger partial charge in [-0.05, 0) is 37.6 Å². The third-order valence-electron chi connectivity index (χ3n) is 2.81. The minimum atomic E-state index is -1.03. The van der Waals surface area contributed by atoms with E-state index in [1.165, 1.54) is 0 Å². The van der Waals surface area contributed by atoms with Crippen LogP contribution in [0.4, 0.5) is 5.69 Å². The average Bonchev–Trinajstić information content (AvgIpc) is 2.38. The van der Waals surface area contributed by atoms with E-state index in [4.69, 9.17) is 5.73 Å². The lowest BCUT2D eigenvalue weighted by molar-refractivity contribution is -0.116. The highest BCUT2D eigenvalue weighted by Gasteiger charge is 2.04. The molecule has 0 bridgehead atoms. The molecule has 1 rings (SSSR count). The van der Waals surface area contributed by atoms with Crippen molar-refractivity contribution in [3.05, 3.63) is 24.3 Å². The van der Waals surface area contributed by atoms with E-state index in [9.17, 15) is 9.00 Å². The lowest BCUT2D eigenvalue weighted by Crippen LogP contribution is -2.11. The zero-order valence-electron chi connectivity index (χ0n) is 11.8. The molecule has 1 aromatic carbocycles. The number of anilines is 1. The fourth-order valence-electron chi connectivity index (χ4n) is 1.76. The van der Waals surface area contributed by atoms with Crippen LogP contribution in [-0.4, -0.2) is 22.9 Å². The van der Waals surface area contributed by atoms with Crippen molar-refractivity contribution in [2.45, 2.75) is 37.0 Å².